The molecule has 0 spiro atoms. The SMILES string of the molecule is CCCCc1ccc(-n2nc3cc(Cl)c(NC(=O)c4ccc([N+](=O)[O-])o4)cc3n2)cc1. The Morgan fingerprint density at radius 3 is 2.52 bits per heavy atom. The molecule has 0 aliphatic carbocycles. The lowest BCUT2D eigenvalue weighted by Gasteiger charge is -2.04. The number of hydrogen-bond acceptors (Lipinski definition) is 6. The molecule has 0 bridgehead atoms. The van der Waals surface area contributed by atoms with Crippen molar-refractivity contribution in [1.29, 1.82) is 0 Å². The quantitative estimate of drug-likeness (QED) is 0.313. The van der Waals surface area contributed by atoms with Crippen LogP contribution in [0.2, 0.25) is 5.02 Å². The van der Waals surface area contributed by atoms with E-state index >= 15 is 0 Å². The van der Waals surface area contributed by atoms with Crippen molar-refractivity contribution < 1.29 is 14.1 Å². The number of carbonyl (C=O) groups excluding carboxylic acids is 1. The third-order valence-corrected chi connectivity index (χ3v) is 5.01. The molecule has 0 saturated heterocycles. The van der Waals surface area contributed by atoms with Crippen LogP contribution in [0.5, 0.6) is 0 Å². The van der Waals surface area contributed by atoms with Gasteiger partial charge in [-0.15, -0.1) is 10.2 Å². The molecule has 0 radical (unpaired) electrons. The summed E-state index contributed by atoms with van der Waals surface area (Å²) in [5.74, 6) is -1.38. The molecular formula is C21H18ClN5O4. The van der Waals surface area contributed by atoms with Crippen LogP contribution in [-0.2, 0) is 6.42 Å². The van der Waals surface area contributed by atoms with Gasteiger partial charge >= 0.3 is 5.88 Å². The number of nitrogens with one attached hydrogen (secondary N) is 1. The van der Waals surface area contributed by atoms with Crippen molar-refractivity contribution in [3.63, 3.8) is 0 Å². The van der Waals surface area contributed by atoms with Gasteiger partial charge in [-0.05, 0) is 48.7 Å². The molecule has 2 aromatic carbocycles. The van der Waals surface area contributed by atoms with E-state index < -0.39 is 16.7 Å². The smallest absolute Gasteiger partial charge is 0.395 e. The largest absolute Gasteiger partial charge is 0.433 e. The van der Waals surface area contributed by atoms with E-state index in [9.17, 15) is 14.9 Å². The Bertz CT molecular complexity index is 1260. The number of aromatic nitrogens is 3. The molecule has 1 amide bonds. The van der Waals surface area contributed by atoms with Crippen LogP contribution in [0, 0.1) is 10.1 Å². The molecule has 31 heavy (non-hydrogen) atoms. The molecule has 4 aromatic rings. The number of unbranched alkanes of at least 4 members (excludes halogenated alkanes) is 1. The molecule has 1 N–H and O–H groups in total. The number of fused-ring (bicyclic) bond motifs is 1. The second-order valence-electron chi connectivity index (χ2n) is 6.93. The Morgan fingerprint density at radius 1 is 1.16 bits per heavy atom. The first-order valence-electron chi connectivity index (χ1n) is 9.66. The van der Waals surface area contributed by atoms with Crippen LogP contribution in [-0.4, -0.2) is 25.8 Å². The van der Waals surface area contributed by atoms with Crippen LogP contribution in [0.25, 0.3) is 16.7 Å². The van der Waals surface area contributed by atoms with Crippen molar-refractivity contribution in [1.82, 2.24) is 15.0 Å². The highest BCUT2D eigenvalue weighted by atomic mass is 35.5. The number of hydrogen-bond donors (Lipinski definition) is 1. The van der Waals surface area contributed by atoms with E-state index in [4.69, 9.17) is 16.0 Å². The maximum atomic E-state index is 12.3. The average Bonchev–Trinajstić information content (AvgIpc) is 3.40. The zero-order valence-corrected chi connectivity index (χ0v) is 17.3. The summed E-state index contributed by atoms with van der Waals surface area (Å²) in [4.78, 5) is 23.9. The van der Waals surface area contributed by atoms with E-state index in [0.29, 0.717) is 16.7 Å². The summed E-state index contributed by atoms with van der Waals surface area (Å²) >= 11 is 6.28. The number of rotatable bonds is 7. The number of aryl methyl sites for hydroxylation is 1. The van der Waals surface area contributed by atoms with E-state index in [1.807, 2.05) is 12.1 Å². The zero-order chi connectivity index (χ0) is 22.0. The topological polar surface area (TPSA) is 116 Å². The van der Waals surface area contributed by atoms with Gasteiger partial charge in [0, 0.05) is 0 Å². The van der Waals surface area contributed by atoms with Crippen LogP contribution in [0.1, 0.15) is 35.9 Å². The molecule has 158 valence electrons. The second kappa shape index (κ2) is 8.57. The van der Waals surface area contributed by atoms with Gasteiger partial charge in [0.1, 0.15) is 16.0 Å². The summed E-state index contributed by atoms with van der Waals surface area (Å²) in [6.07, 6.45) is 3.31. The number of furan rings is 1. The van der Waals surface area contributed by atoms with Gasteiger partial charge in [0.2, 0.25) is 0 Å². The zero-order valence-electron chi connectivity index (χ0n) is 16.5. The molecule has 0 saturated carbocycles. The molecule has 2 heterocycles. The summed E-state index contributed by atoms with van der Waals surface area (Å²) in [6, 6.07) is 13.5. The van der Waals surface area contributed by atoms with Crippen LogP contribution in [0.3, 0.4) is 0 Å². The lowest BCUT2D eigenvalue weighted by molar-refractivity contribution is -0.402. The van der Waals surface area contributed by atoms with Gasteiger partial charge in [0.25, 0.3) is 5.91 Å². The minimum Gasteiger partial charge on any atom is -0.395 e. The summed E-state index contributed by atoms with van der Waals surface area (Å²) < 4.78 is 4.92. The maximum absolute atomic E-state index is 12.3. The summed E-state index contributed by atoms with van der Waals surface area (Å²) in [7, 11) is 0. The fourth-order valence-electron chi connectivity index (χ4n) is 3.06. The van der Waals surface area contributed by atoms with E-state index in [1.54, 1.807) is 12.1 Å². The lowest BCUT2D eigenvalue weighted by atomic mass is 10.1. The molecule has 0 unspecified atom stereocenters. The fourth-order valence-corrected chi connectivity index (χ4v) is 3.26. The standard InChI is InChI=1S/C21H18ClN5O4/c1-2-3-4-13-5-7-14(8-6-13)26-24-17-11-15(22)16(12-18(17)25-26)23-21(28)19-9-10-20(31-19)27(29)30/h5-12H,2-4H2,1H3,(H,23,28). The fraction of sp³-hybridized carbons (Fsp3) is 0.190. The maximum Gasteiger partial charge on any atom is 0.433 e. The highest BCUT2D eigenvalue weighted by Gasteiger charge is 2.19. The van der Waals surface area contributed by atoms with Crippen molar-refractivity contribution in [2.24, 2.45) is 0 Å². The molecule has 0 fully saturated rings. The Balaban J connectivity index is 1.57. The van der Waals surface area contributed by atoms with Crippen LogP contribution in [0.4, 0.5) is 11.6 Å². The van der Waals surface area contributed by atoms with E-state index in [2.05, 4.69) is 34.6 Å². The van der Waals surface area contributed by atoms with Gasteiger partial charge in [-0.1, -0.05) is 37.1 Å². The third-order valence-electron chi connectivity index (χ3n) is 4.70. The molecule has 0 aliphatic rings. The minimum atomic E-state index is -0.718. The normalized spacial score (nSPS) is 11.0. The van der Waals surface area contributed by atoms with Gasteiger partial charge in [-0.25, -0.2) is 0 Å². The highest BCUT2D eigenvalue weighted by molar-refractivity contribution is 6.34. The van der Waals surface area contributed by atoms with Crippen LogP contribution >= 0.6 is 11.6 Å². The molecule has 2 aromatic heterocycles. The molecule has 0 atom stereocenters. The molecule has 10 heteroatoms. The van der Waals surface area contributed by atoms with Crippen molar-refractivity contribution in [2.45, 2.75) is 26.2 Å². The predicted molar refractivity (Wildman–Crippen MR) is 116 cm³/mol. The monoisotopic (exact) mass is 439 g/mol. The van der Waals surface area contributed by atoms with Gasteiger partial charge in [-0.3, -0.25) is 14.9 Å². The number of nitrogens with zero attached hydrogens (tertiary/aromatic N) is 4. The van der Waals surface area contributed by atoms with E-state index in [1.165, 1.54) is 16.4 Å². The summed E-state index contributed by atoms with van der Waals surface area (Å²) in [5.41, 5.74) is 3.45. The lowest BCUT2D eigenvalue weighted by Crippen LogP contribution is -2.11. The minimum absolute atomic E-state index is 0.199. The van der Waals surface area contributed by atoms with E-state index in [-0.39, 0.29) is 10.8 Å². The first-order valence-corrected chi connectivity index (χ1v) is 10.0. The first kappa shape index (κ1) is 20.5. The Kier molecular flexibility index (Phi) is 5.68. The molecule has 0 aliphatic heterocycles. The first-order chi connectivity index (χ1) is 14.9. The predicted octanol–water partition coefficient (Wildman–Crippen LogP) is 5.17. The van der Waals surface area contributed by atoms with Gasteiger partial charge in [0.05, 0.1) is 22.5 Å². The van der Waals surface area contributed by atoms with Crippen LogP contribution < -0.4 is 5.32 Å². The van der Waals surface area contributed by atoms with Crippen molar-refractivity contribution in [2.75, 3.05) is 5.32 Å². The summed E-state index contributed by atoms with van der Waals surface area (Å²) in [5, 5.41) is 22.5. The Morgan fingerprint density at radius 2 is 1.87 bits per heavy atom. The van der Waals surface area contributed by atoms with Crippen molar-refractivity contribution in [3.05, 3.63) is 75.0 Å². The average molecular weight is 440 g/mol. The number of amides is 1. The summed E-state index contributed by atoms with van der Waals surface area (Å²) in [6.45, 7) is 2.16. The second-order valence-corrected chi connectivity index (χ2v) is 7.34. The number of nitro groups is 1. The van der Waals surface area contributed by atoms with Crippen LogP contribution in [0.15, 0.2) is 52.9 Å². The number of benzene rings is 2. The number of anilines is 1. The Labute approximate surface area is 181 Å². The van der Waals surface area contributed by atoms with Gasteiger partial charge in [0.15, 0.2) is 5.76 Å². The molecule has 9 nitrogen and oxygen atoms in total. The van der Waals surface area contributed by atoms with Gasteiger partial charge in [-0.2, -0.15) is 4.80 Å². The Hall–Kier alpha value is -3.72. The highest BCUT2D eigenvalue weighted by Crippen LogP contribution is 2.28. The van der Waals surface area contributed by atoms with Crippen molar-refractivity contribution in [3.8, 4) is 5.69 Å². The van der Waals surface area contributed by atoms with E-state index in [0.717, 1.165) is 31.0 Å². The number of carbonyl (C=O) groups is 1. The van der Waals surface area contributed by atoms with Gasteiger partial charge < -0.3 is 9.73 Å². The van der Waals surface area contributed by atoms with Crippen molar-refractivity contribution >= 4 is 40.1 Å². The number of halogens is 1. The third kappa shape index (κ3) is 4.41. The molecular weight excluding hydrogens is 422 g/mol. The molecule has 4 rings (SSSR count).